The molecule has 1 N–H and O–H groups in total. The van der Waals surface area contributed by atoms with Crippen LogP contribution in [0.1, 0.15) is 38.0 Å². The Kier molecular flexibility index (Phi) is 5.67. The number of ether oxygens (including phenoxy) is 3. The number of nitrogens with zero attached hydrogens (tertiary/aromatic N) is 2. The normalized spacial score (nSPS) is 11.9. The van der Waals surface area contributed by atoms with Crippen LogP contribution in [0.5, 0.6) is 17.2 Å². The second-order valence-corrected chi connectivity index (χ2v) is 5.08. The zero-order valence-corrected chi connectivity index (χ0v) is 14.2. The van der Waals surface area contributed by atoms with Crippen molar-refractivity contribution in [2.45, 2.75) is 32.7 Å². The number of rotatable bonds is 8. The van der Waals surface area contributed by atoms with E-state index in [0.717, 1.165) is 24.4 Å². The number of anilines is 1. The molecule has 0 aliphatic rings. The number of nitrogens with one attached hydrogen (secondary N) is 1. The number of methoxy groups -OCH3 is 3. The van der Waals surface area contributed by atoms with Crippen LogP contribution in [0, 0.1) is 0 Å². The first kappa shape index (κ1) is 16.9. The van der Waals surface area contributed by atoms with E-state index in [1.54, 1.807) is 21.3 Å². The van der Waals surface area contributed by atoms with Crippen molar-refractivity contribution in [1.29, 1.82) is 0 Å². The van der Waals surface area contributed by atoms with Crippen LogP contribution >= 0.6 is 0 Å². The van der Waals surface area contributed by atoms with Gasteiger partial charge in [0.05, 0.1) is 21.3 Å². The van der Waals surface area contributed by atoms with Gasteiger partial charge in [0.2, 0.25) is 11.6 Å². The molecule has 2 aromatic rings. The maximum atomic E-state index is 5.35. The van der Waals surface area contributed by atoms with Gasteiger partial charge in [-0.15, -0.1) is 0 Å². The van der Waals surface area contributed by atoms with Gasteiger partial charge >= 0.3 is 0 Å². The summed E-state index contributed by atoms with van der Waals surface area (Å²) in [5.41, 5.74) is 0.808. The third-order valence-corrected chi connectivity index (χ3v) is 3.38. The van der Waals surface area contributed by atoms with E-state index >= 15 is 0 Å². The fraction of sp³-hybridized carbons (Fsp3) is 0.500. The van der Waals surface area contributed by atoms with Crippen LogP contribution < -0.4 is 19.5 Å². The van der Waals surface area contributed by atoms with E-state index in [0.29, 0.717) is 23.1 Å². The Labute approximate surface area is 135 Å². The van der Waals surface area contributed by atoms with E-state index in [2.05, 4.69) is 22.4 Å². The topological polar surface area (TPSA) is 78.6 Å². The van der Waals surface area contributed by atoms with Crippen LogP contribution in [0.4, 0.5) is 5.69 Å². The summed E-state index contributed by atoms with van der Waals surface area (Å²) in [4.78, 5) is 4.39. The highest BCUT2D eigenvalue weighted by molar-refractivity contribution is 5.62. The highest BCUT2D eigenvalue weighted by atomic mass is 16.5. The minimum absolute atomic E-state index is 0.143. The second-order valence-electron chi connectivity index (χ2n) is 5.08. The maximum Gasteiger partial charge on any atom is 0.248 e. The Bertz CT molecular complexity index is 617. The summed E-state index contributed by atoms with van der Waals surface area (Å²) in [6, 6.07) is 3.53. The Hall–Kier alpha value is -2.44. The molecule has 0 fully saturated rings. The fourth-order valence-electron chi connectivity index (χ4n) is 2.24. The van der Waals surface area contributed by atoms with Gasteiger partial charge in [-0.1, -0.05) is 12.1 Å². The fourth-order valence-corrected chi connectivity index (χ4v) is 2.24. The molecule has 0 amide bonds. The number of hydrogen-bond donors (Lipinski definition) is 1. The molecule has 0 saturated carbocycles. The van der Waals surface area contributed by atoms with E-state index < -0.39 is 0 Å². The highest BCUT2D eigenvalue weighted by Gasteiger charge is 2.17. The van der Waals surface area contributed by atoms with E-state index in [4.69, 9.17) is 18.7 Å². The lowest BCUT2D eigenvalue weighted by molar-refractivity contribution is 0.324. The smallest absolute Gasteiger partial charge is 0.248 e. The molecule has 23 heavy (non-hydrogen) atoms. The molecule has 0 aliphatic heterocycles. The molecule has 0 aliphatic carbocycles. The van der Waals surface area contributed by atoms with E-state index in [9.17, 15) is 0 Å². The Morgan fingerprint density at radius 2 is 1.78 bits per heavy atom. The summed E-state index contributed by atoms with van der Waals surface area (Å²) in [7, 11) is 4.74. The lowest BCUT2D eigenvalue weighted by Crippen LogP contribution is -2.08. The van der Waals surface area contributed by atoms with Gasteiger partial charge in [-0.3, -0.25) is 0 Å². The molecular weight excluding hydrogens is 298 g/mol. The van der Waals surface area contributed by atoms with Gasteiger partial charge in [0.15, 0.2) is 17.3 Å². The average Bonchev–Trinajstić information content (AvgIpc) is 3.03. The average molecular weight is 321 g/mol. The van der Waals surface area contributed by atoms with Crippen LogP contribution in [0.25, 0.3) is 0 Å². The zero-order valence-electron chi connectivity index (χ0n) is 14.2. The van der Waals surface area contributed by atoms with E-state index in [1.807, 2.05) is 19.1 Å². The van der Waals surface area contributed by atoms with Gasteiger partial charge in [-0.25, -0.2) is 0 Å². The summed E-state index contributed by atoms with van der Waals surface area (Å²) in [6.07, 6.45) is 1.79. The minimum Gasteiger partial charge on any atom is -0.493 e. The SMILES string of the molecule is CCCc1noc([C@H](C)Nc2cc(OC)c(OC)c(OC)c2)n1. The highest BCUT2D eigenvalue weighted by Crippen LogP contribution is 2.40. The van der Waals surface area contributed by atoms with Gasteiger partial charge in [-0.05, 0) is 13.3 Å². The molecule has 1 heterocycles. The van der Waals surface area contributed by atoms with Crippen molar-refractivity contribution in [2.24, 2.45) is 0 Å². The lowest BCUT2D eigenvalue weighted by atomic mass is 10.2. The third-order valence-electron chi connectivity index (χ3n) is 3.38. The summed E-state index contributed by atoms with van der Waals surface area (Å²) in [5.74, 6) is 2.98. The van der Waals surface area contributed by atoms with Crippen molar-refractivity contribution in [2.75, 3.05) is 26.6 Å². The molecule has 0 bridgehead atoms. The minimum atomic E-state index is -0.143. The maximum absolute atomic E-state index is 5.35. The van der Waals surface area contributed by atoms with E-state index in [-0.39, 0.29) is 6.04 Å². The standard InChI is InChI=1S/C16H23N3O4/c1-6-7-14-18-16(23-19-14)10(2)17-11-8-12(20-3)15(22-5)13(9-11)21-4/h8-10,17H,6-7H2,1-5H3/t10-/m0/s1. The van der Waals surface area contributed by atoms with Gasteiger partial charge < -0.3 is 24.1 Å². The van der Waals surface area contributed by atoms with Crippen molar-refractivity contribution < 1.29 is 18.7 Å². The van der Waals surface area contributed by atoms with Crippen LogP contribution in [0.3, 0.4) is 0 Å². The number of benzene rings is 1. The summed E-state index contributed by atoms with van der Waals surface area (Å²) >= 11 is 0. The predicted octanol–water partition coefficient (Wildman–Crippen LogP) is 3.22. The second kappa shape index (κ2) is 7.71. The number of aromatic nitrogens is 2. The molecule has 7 heteroatoms. The van der Waals surface area contributed by atoms with Crippen molar-refractivity contribution in [3.05, 3.63) is 23.8 Å². The summed E-state index contributed by atoms with van der Waals surface area (Å²) in [5, 5.41) is 7.27. The first-order valence-electron chi connectivity index (χ1n) is 7.51. The van der Waals surface area contributed by atoms with Crippen molar-refractivity contribution in [3.63, 3.8) is 0 Å². The largest absolute Gasteiger partial charge is 0.493 e. The van der Waals surface area contributed by atoms with Gasteiger partial charge in [0, 0.05) is 24.2 Å². The molecule has 0 radical (unpaired) electrons. The molecule has 1 atom stereocenters. The van der Waals surface area contributed by atoms with Crippen LogP contribution in [-0.2, 0) is 6.42 Å². The Balaban J connectivity index is 2.21. The van der Waals surface area contributed by atoms with E-state index in [1.165, 1.54) is 0 Å². The molecule has 0 spiro atoms. The first-order valence-corrected chi connectivity index (χ1v) is 7.51. The molecule has 126 valence electrons. The van der Waals surface area contributed by atoms with Gasteiger partial charge in [0.1, 0.15) is 6.04 Å². The summed E-state index contributed by atoms with van der Waals surface area (Å²) in [6.45, 7) is 4.03. The number of hydrogen-bond acceptors (Lipinski definition) is 7. The van der Waals surface area contributed by atoms with Crippen molar-refractivity contribution >= 4 is 5.69 Å². The van der Waals surface area contributed by atoms with Crippen LogP contribution in [0.15, 0.2) is 16.7 Å². The van der Waals surface area contributed by atoms with Crippen LogP contribution in [-0.4, -0.2) is 31.5 Å². The zero-order chi connectivity index (χ0) is 16.8. The number of aryl methyl sites for hydroxylation is 1. The van der Waals surface area contributed by atoms with Gasteiger partial charge in [-0.2, -0.15) is 4.98 Å². The molecule has 1 aromatic carbocycles. The van der Waals surface area contributed by atoms with Crippen LogP contribution in [0.2, 0.25) is 0 Å². The molecule has 7 nitrogen and oxygen atoms in total. The molecule has 1 aromatic heterocycles. The monoisotopic (exact) mass is 321 g/mol. The molecule has 0 unspecified atom stereocenters. The Morgan fingerprint density at radius 1 is 1.13 bits per heavy atom. The quantitative estimate of drug-likeness (QED) is 0.799. The van der Waals surface area contributed by atoms with Crippen molar-refractivity contribution in [3.8, 4) is 17.2 Å². The predicted molar refractivity (Wildman–Crippen MR) is 86.4 cm³/mol. The molecule has 2 rings (SSSR count). The molecule has 0 saturated heterocycles. The van der Waals surface area contributed by atoms with Gasteiger partial charge in [0.25, 0.3) is 0 Å². The lowest BCUT2D eigenvalue weighted by Gasteiger charge is -2.16. The Morgan fingerprint density at radius 3 is 2.30 bits per heavy atom. The van der Waals surface area contributed by atoms with Crippen molar-refractivity contribution in [1.82, 2.24) is 10.1 Å². The summed E-state index contributed by atoms with van der Waals surface area (Å²) < 4.78 is 21.3. The molecular formula is C16H23N3O4. The third kappa shape index (κ3) is 3.85. The first-order chi connectivity index (χ1) is 11.1.